The van der Waals surface area contributed by atoms with Crippen molar-refractivity contribution in [1.82, 2.24) is 5.43 Å². The van der Waals surface area contributed by atoms with Crippen molar-refractivity contribution in [2.45, 2.75) is 33.2 Å². The number of amidine groups is 1. The first-order valence-corrected chi connectivity index (χ1v) is 5.31. The van der Waals surface area contributed by atoms with E-state index in [4.69, 9.17) is 5.84 Å². The minimum atomic E-state index is 0.238. The monoisotopic (exact) mass is 205 g/mol. The van der Waals surface area contributed by atoms with Crippen LogP contribution >= 0.6 is 0 Å². The van der Waals surface area contributed by atoms with Crippen LogP contribution in [-0.2, 0) is 6.42 Å². The minimum Gasteiger partial charge on any atom is -0.308 e. The van der Waals surface area contributed by atoms with Gasteiger partial charge in [-0.25, -0.2) is 5.84 Å². The van der Waals surface area contributed by atoms with Crippen LogP contribution in [0.5, 0.6) is 0 Å². The number of nitrogens with zero attached hydrogens (tertiary/aromatic N) is 1. The number of nitrogens with one attached hydrogen (secondary N) is 1. The Balaban J connectivity index is 2.93. The van der Waals surface area contributed by atoms with Gasteiger partial charge in [0.15, 0.2) is 0 Å². The highest BCUT2D eigenvalue weighted by atomic mass is 15.3. The van der Waals surface area contributed by atoms with Crippen LogP contribution in [0.15, 0.2) is 29.3 Å². The van der Waals surface area contributed by atoms with Crippen LogP contribution in [0.25, 0.3) is 0 Å². The average Bonchev–Trinajstić information content (AvgIpc) is 2.26. The first-order valence-electron chi connectivity index (χ1n) is 5.31. The smallest absolute Gasteiger partial charge is 0.142 e. The molecule has 3 nitrogen and oxygen atoms in total. The maximum absolute atomic E-state index is 5.44. The van der Waals surface area contributed by atoms with Gasteiger partial charge < -0.3 is 5.43 Å². The Morgan fingerprint density at radius 1 is 1.33 bits per heavy atom. The molecule has 0 fully saturated rings. The van der Waals surface area contributed by atoms with E-state index in [1.807, 2.05) is 26.0 Å². The summed E-state index contributed by atoms with van der Waals surface area (Å²) in [6.45, 7) is 6.19. The van der Waals surface area contributed by atoms with E-state index >= 15 is 0 Å². The van der Waals surface area contributed by atoms with Gasteiger partial charge in [0.2, 0.25) is 0 Å². The van der Waals surface area contributed by atoms with Crippen molar-refractivity contribution in [3.63, 3.8) is 0 Å². The van der Waals surface area contributed by atoms with Crippen molar-refractivity contribution in [3.8, 4) is 0 Å². The van der Waals surface area contributed by atoms with Crippen LogP contribution in [0.3, 0.4) is 0 Å². The quantitative estimate of drug-likeness (QED) is 0.342. The van der Waals surface area contributed by atoms with Crippen molar-refractivity contribution in [1.29, 1.82) is 0 Å². The van der Waals surface area contributed by atoms with Gasteiger partial charge in [0, 0.05) is 11.6 Å². The molecule has 0 atom stereocenters. The molecule has 0 heterocycles. The third-order valence-electron chi connectivity index (χ3n) is 2.16. The third-order valence-corrected chi connectivity index (χ3v) is 2.16. The van der Waals surface area contributed by atoms with Crippen LogP contribution in [0, 0.1) is 0 Å². The molecule has 15 heavy (non-hydrogen) atoms. The second-order valence-electron chi connectivity index (χ2n) is 3.77. The molecule has 0 unspecified atom stereocenters. The minimum absolute atomic E-state index is 0.238. The lowest BCUT2D eigenvalue weighted by molar-refractivity contribution is 0.820. The molecule has 0 aromatic heterocycles. The first-order chi connectivity index (χ1) is 7.17. The fraction of sp³-hybridized carbons (Fsp3) is 0.417. The van der Waals surface area contributed by atoms with E-state index in [-0.39, 0.29) is 6.04 Å². The molecule has 0 amide bonds. The molecule has 3 heteroatoms. The van der Waals surface area contributed by atoms with Gasteiger partial charge in [0.25, 0.3) is 0 Å². The van der Waals surface area contributed by atoms with Gasteiger partial charge in [-0.1, -0.05) is 31.2 Å². The fourth-order valence-electron chi connectivity index (χ4n) is 1.35. The zero-order chi connectivity index (χ0) is 11.3. The highest BCUT2D eigenvalue weighted by Gasteiger charge is 2.01. The second kappa shape index (κ2) is 5.51. The van der Waals surface area contributed by atoms with Crippen molar-refractivity contribution in [3.05, 3.63) is 35.4 Å². The molecule has 0 aliphatic rings. The molecule has 0 saturated heterocycles. The molecular formula is C12H19N3. The maximum Gasteiger partial charge on any atom is 0.142 e. The Morgan fingerprint density at radius 2 is 1.93 bits per heavy atom. The van der Waals surface area contributed by atoms with Crippen LogP contribution < -0.4 is 11.3 Å². The van der Waals surface area contributed by atoms with Crippen molar-refractivity contribution in [2.24, 2.45) is 10.8 Å². The maximum atomic E-state index is 5.44. The van der Waals surface area contributed by atoms with Crippen LogP contribution in [0.1, 0.15) is 31.9 Å². The number of aryl methyl sites for hydroxylation is 1. The molecule has 0 aliphatic heterocycles. The lowest BCUT2D eigenvalue weighted by Gasteiger charge is -2.08. The van der Waals surface area contributed by atoms with E-state index < -0.39 is 0 Å². The molecule has 0 radical (unpaired) electrons. The summed E-state index contributed by atoms with van der Waals surface area (Å²) in [5.41, 5.74) is 4.99. The normalized spacial score (nSPS) is 11.9. The topological polar surface area (TPSA) is 50.4 Å². The Morgan fingerprint density at radius 3 is 2.33 bits per heavy atom. The Kier molecular flexibility index (Phi) is 4.31. The molecule has 82 valence electrons. The largest absolute Gasteiger partial charge is 0.308 e. The summed E-state index contributed by atoms with van der Waals surface area (Å²) in [6.07, 6.45) is 1.05. The lowest BCUT2D eigenvalue weighted by atomic mass is 10.1. The van der Waals surface area contributed by atoms with Gasteiger partial charge in [-0.3, -0.25) is 4.99 Å². The molecule has 0 saturated carbocycles. The predicted molar refractivity (Wildman–Crippen MR) is 64.8 cm³/mol. The van der Waals surface area contributed by atoms with Crippen LogP contribution in [-0.4, -0.2) is 11.9 Å². The predicted octanol–water partition coefficient (Wildman–Crippen LogP) is 1.87. The fourth-order valence-corrected chi connectivity index (χ4v) is 1.35. The van der Waals surface area contributed by atoms with Crippen molar-refractivity contribution >= 4 is 5.84 Å². The number of rotatable bonds is 3. The zero-order valence-electron chi connectivity index (χ0n) is 9.62. The van der Waals surface area contributed by atoms with Gasteiger partial charge in [-0.05, 0) is 25.8 Å². The number of hydrogen-bond acceptors (Lipinski definition) is 2. The number of hydrazine groups is 1. The van der Waals surface area contributed by atoms with Crippen molar-refractivity contribution < 1.29 is 0 Å². The summed E-state index contributed by atoms with van der Waals surface area (Å²) in [7, 11) is 0. The summed E-state index contributed by atoms with van der Waals surface area (Å²) < 4.78 is 0. The Hall–Kier alpha value is -1.35. The van der Waals surface area contributed by atoms with E-state index in [2.05, 4.69) is 29.5 Å². The molecule has 0 spiro atoms. The molecule has 1 aromatic carbocycles. The molecule has 1 aromatic rings. The van der Waals surface area contributed by atoms with Gasteiger partial charge in [0.1, 0.15) is 5.84 Å². The highest BCUT2D eigenvalue weighted by molar-refractivity contribution is 5.98. The molecule has 0 bridgehead atoms. The second-order valence-corrected chi connectivity index (χ2v) is 3.77. The summed E-state index contributed by atoms with van der Waals surface area (Å²) in [5, 5.41) is 0. The summed E-state index contributed by atoms with van der Waals surface area (Å²) in [5.74, 6) is 6.19. The molecule has 3 N–H and O–H groups in total. The van der Waals surface area contributed by atoms with E-state index in [1.54, 1.807) is 0 Å². The highest BCUT2D eigenvalue weighted by Crippen LogP contribution is 2.06. The van der Waals surface area contributed by atoms with Gasteiger partial charge in [-0.2, -0.15) is 0 Å². The standard InChI is InChI=1S/C12H19N3/c1-4-10-5-7-11(8-6-10)12(15-13)14-9(2)3/h5-9H,4,13H2,1-3H3,(H,14,15). The van der Waals surface area contributed by atoms with Crippen LogP contribution in [0.2, 0.25) is 0 Å². The third kappa shape index (κ3) is 3.36. The summed E-state index contributed by atoms with van der Waals surface area (Å²) in [6, 6.07) is 8.52. The van der Waals surface area contributed by atoms with E-state index in [0.29, 0.717) is 0 Å². The first kappa shape index (κ1) is 11.7. The van der Waals surface area contributed by atoms with Gasteiger partial charge >= 0.3 is 0 Å². The Labute approximate surface area is 91.4 Å². The molecule has 1 rings (SSSR count). The summed E-state index contributed by atoms with van der Waals surface area (Å²) in [4.78, 5) is 4.40. The number of aliphatic imine (C=N–C) groups is 1. The average molecular weight is 205 g/mol. The SMILES string of the molecule is CCc1ccc(C(=NC(C)C)NN)cc1. The lowest BCUT2D eigenvalue weighted by Crippen LogP contribution is -2.31. The van der Waals surface area contributed by atoms with Gasteiger partial charge in [0.05, 0.1) is 0 Å². The van der Waals surface area contributed by atoms with E-state index in [1.165, 1.54) is 5.56 Å². The number of nitrogens with two attached hydrogens (primary N) is 1. The van der Waals surface area contributed by atoms with E-state index in [9.17, 15) is 0 Å². The molecular weight excluding hydrogens is 186 g/mol. The van der Waals surface area contributed by atoms with Gasteiger partial charge in [-0.15, -0.1) is 0 Å². The zero-order valence-corrected chi connectivity index (χ0v) is 9.62. The van der Waals surface area contributed by atoms with E-state index in [0.717, 1.165) is 17.8 Å². The number of hydrogen-bond donors (Lipinski definition) is 2. The Bertz CT molecular complexity index is 325. The summed E-state index contributed by atoms with van der Waals surface area (Å²) >= 11 is 0. The molecule has 0 aliphatic carbocycles. The number of benzene rings is 1. The van der Waals surface area contributed by atoms with Crippen molar-refractivity contribution in [2.75, 3.05) is 0 Å². The van der Waals surface area contributed by atoms with Crippen LogP contribution in [0.4, 0.5) is 0 Å².